The van der Waals surface area contributed by atoms with Crippen LogP contribution in [0.4, 0.5) is 4.39 Å². The number of thioether (sulfide) groups is 1. The lowest BCUT2D eigenvalue weighted by Crippen LogP contribution is -2.04. The smallest absolute Gasteiger partial charge is 0.192 e. The number of halogens is 1. The number of aromatic nitrogens is 3. The van der Waals surface area contributed by atoms with Crippen LogP contribution in [-0.2, 0) is 12.3 Å². The zero-order valence-electron chi connectivity index (χ0n) is 14.8. The van der Waals surface area contributed by atoms with E-state index in [1.165, 1.54) is 17.7 Å². The molecule has 6 heteroatoms. The summed E-state index contributed by atoms with van der Waals surface area (Å²) in [6, 6.07) is 18.7. The van der Waals surface area contributed by atoms with Crippen LogP contribution in [0, 0.1) is 12.7 Å². The molecule has 0 aliphatic rings. The van der Waals surface area contributed by atoms with Crippen LogP contribution >= 0.6 is 11.8 Å². The summed E-state index contributed by atoms with van der Waals surface area (Å²) in [6.45, 7) is 2.59. The Morgan fingerprint density at radius 1 is 0.963 bits per heavy atom. The number of rotatable bonds is 6. The molecule has 4 aromatic rings. The van der Waals surface area contributed by atoms with Crippen LogP contribution in [0.5, 0.6) is 0 Å². The first kappa shape index (κ1) is 17.5. The molecule has 0 fully saturated rings. The molecule has 0 atom stereocenters. The summed E-state index contributed by atoms with van der Waals surface area (Å²) < 4.78 is 20.7. The van der Waals surface area contributed by atoms with Crippen LogP contribution in [0.15, 0.2) is 76.5 Å². The van der Waals surface area contributed by atoms with Crippen molar-refractivity contribution < 1.29 is 8.81 Å². The predicted octanol–water partition coefficient (Wildman–Crippen LogP) is 5.33. The lowest BCUT2D eigenvalue weighted by molar-refractivity contribution is 0.534. The number of benzene rings is 2. The highest BCUT2D eigenvalue weighted by atomic mass is 32.2. The van der Waals surface area contributed by atoms with E-state index in [0.29, 0.717) is 12.3 Å². The average Bonchev–Trinajstić information content (AvgIpc) is 3.28. The third kappa shape index (κ3) is 3.95. The van der Waals surface area contributed by atoms with Gasteiger partial charge in [0.05, 0.1) is 18.4 Å². The van der Waals surface area contributed by atoms with Crippen molar-refractivity contribution in [1.29, 1.82) is 0 Å². The van der Waals surface area contributed by atoms with Gasteiger partial charge in [-0.05, 0) is 36.2 Å². The van der Waals surface area contributed by atoms with Crippen molar-refractivity contribution in [2.24, 2.45) is 0 Å². The third-order valence-corrected chi connectivity index (χ3v) is 5.32. The zero-order valence-corrected chi connectivity index (χ0v) is 15.6. The van der Waals surface area contributed by atoms with Gasteiger partial charge >= 0.3 is 0 Å². The van der Waals surface area contributed by atoms with E-state index in [1.54, 1.807) is 30.2 Å². The van der Waals surface area contributed by atoms with Crippen LogP contribution in [0.2, 0.25) is 0 Å². The van der Waals surface area contributed by atoms with Crippen molar-refractivity contribution in [2.45, 2.75) is 24.4 Å². The van der Waals surface area contributed by atoms with Gasteiger partial charge in [0.1, 0.15) is 11.6 Å². The molecule has 0 N–H and O–H groups in total. The standard InChI is InChI=1S/C21H18FN3OS/c1-15-19(11-12-26-15)20-23-24-21(25(20)13-16-5-3-2-4-6-16)27-14-17-7-9-18(22)10-8-17/h2-12H,13-14H2,1H3. The molecule has 4 rings (SSSR count). The molecule has 27 heavy (non-hydrogen) atoms. The summed E-state index contributed by atoms with van der Waals surface area (Å²) in [5, 5.41) is 9.63. The quantitative estimate of drug-likeness (QED) is 0.425. The van der Waals surface area contributed by atoms with Gasteiger partial charge in [-0.2, -0.15) is 0 Å². The number of hydrogen-bond donors (Lipinski definition) is 0. The summed E-state index contributed by atoms with van der Waals surface area (Å²) in [6.07, 6.45) is 1.66. The topological polar surface area (TPSA) is 43.9 Å². The Morgan fingerprint density at radius 3 is 2.44 bits per heavy atom. The van der Waals surface area contributed by atoms with Crippen LogP contribution in [0.25, 0.3) is 11.4 Å². The van der Waals surface area contributed by atoms with E-state index >= 15 is 0 Å². The highest BCUT2D eigenvalue weighted by Crippen LogP contribution is 2.29. The molecule has 2 aromatic heterocycles. The average molecular weight is 379 g/mol. The normalized spacial score (nSPS) is 11.0. The van der Waals surface area contributed by atoms with E-state index in [2.05, 4.69) is 26.9 Å². The Bertz CT molecular complexity index is 1030. The van der Waals surface area contributed by atoms with Crippen molar-refractivity contribution in [3.8, 4) is 11.4 Å². The molecule has 0 bridgehead atoms. The molecule has 2 aromatic carbocycles. The molecular formula is C21H18FN3OS. The lowest BCUT2D eigenvalue weighted by atomic mass is 10.2. The first-order valence-electron chi connectivity index (χ1n) is 8.59. The molecule has 0 saturated heterocycles. The maximum atomic E-state index is 13.1. The first-order chi connectivity index (χ1) is 13.2. The Labute approximate surface area is 161 Å². The summed E-state index contributed by atoms with van der Waals surface area (Å²) in [4.78, 5) is 0. The minimum absolute atomic E-state index is 0.228. The minimum Gasteiger partial charge on any atom is -0.469 e. The number of aryl methyl sites for hydroxylation is 1. The Morgan fingerprint density at radius 2 is 1.74 bits per heavy atom. The van der Waals surface area contributed by atoms with E-state index in [4.69, 9.17) is 4.42 Å². The second kappa shape index (κ2) is 7.80. The van der Waals surface area contributed by atoms with Gasteiger partial charge in [-0.25, -0.2) is 4.39 Å². The Kier molecular flexibility index (Phi) is 5.07. The molecule has 0 aliphatic carbocycles. The fraction of sp³-hybridized carbons (Fsp3) is 0.143. The van der Waals surface area contributed by atoms with E-state index in [-0.39, 0.29) is 5.82 Å². The van der Waals surface area contributed by atoms with Gasteiger partial charge in [-0.15, -0.1) is 10.2 Å². The summed E-state index contributed by atoms with van der Waals surface area (Å²) in [5.41, 5.74) is 3.15. The second-order valence-corrected chi connectivity index (χ2v) is 7.13. The summed E-state index contributed by atoms with van der Waals surface area (Å²) in [5.74, 6) is 2.06. The van der Waals surface area contributed by atoms with Gasteiger partial charge < -0.3 is 4.42 Å². The molecule has 2 heterocycles. The fourth-order valence-electron chi connectivity index (χ4n) is 2.85. The van der Waals surface area contributed by atoms with E-state index in [9.17, 15) is 4.39 Å². The second-order valence-electron chi connectivity index (χ2n) is 6.18. The lowest BCUT2D eigenvalue weighted by Gasteiger charge is -2.10. The summed E-state index contributed by atoms with van der Waals surface area (Å²) in [7, 11) is 0. The maximum Gasteiger partial charge on any atom is 0.192 e. The number of furan rings is 1. The van der Waals surface area contributed by atoms with Gasteiger partial charge in [0.15, 0.2) is 11.0 Å². The van der Waals surface area contributed by atoms with E-state index in [1.807, 2.05) is 31.2 Å². The molecule has 0 radical (unpaired) electrons. The Hall–Kier alpha value is -2.86. The zero-order chi connectivity index (χ0) is 18.6. The van der Waals surface area contributed by atoms with E-state index in [0.717, 1.165) is 27.9 Å². The molecule has 0 saturated carbocycles. The molecule has 0 spiro atoms. The first-order valence-corrected chi connectivity index (χ1v) is 9.58. The maximum absolute atomic E-state index is 13.1. The molecule has 4 nitrogen and oxygen atoms in total. The Balaban J connectivity index is 1.65. The van der Waals surface area contributed by atoms with Crippen LogP contribution in [0.1, 0.15) is 16.9 Å². The largest absolute Gasteiger partial charge is 0.469 e. The minimum atomic E-state index is -0.228. The van der Waals surface area contributed by atoms with Gasteiger partial charge in [0, 0.05) is 5.75 Å². The third-order valence-electron chi connectivity index (χ3n) is 4.28. The van der Waals surface area contributed by atoms with Crippen LogP contribution < -0.4 is 0 Å². The van der Waals surface area contributed by atoms with Gasteiger partial charge in [-0.3, -0.25) is 4.57 Å². The molecular weight excluding hydrogens is 361 g/mol. The number of nitrogens with zero attached hydrogens (tertiary/aromatic N) is 3. The molecule has 136 valence electrons. The van der Waals surface area contributed by atoms with Crippen molar-refractivity contribution in [2.75, 3.05) is 0 Å². The number of hydrogen-bond acceptors (Lipinski definition) is 4. The SMILES string of the molecule is Cc1occc1-c1nnc(SCc2ccc(F)cc2)n1Cc1ccccc1. The highest BCUT2D eigenvalue weighted by Gasteiger charge is 2.18. The van der Waals surface area contributed by atoms with Crippen molar-refractivity contribution in [3.63, 3.8) is 0 Å². The van der Waals surface area contributed by atoms with Gasteiger partial charge in [-0.1, -0.05) is 54.2 Å². The monoisotopic (exact) mass is 379 g/mol. The van der Waals surface area contributed by atoms with Crippen molar-refractivity contribution in [3.05, 3.63) is 89.6 Å². The van der Waals surface area contributed by atoms with Gasteiger partial charge in [0.25, 0.3) is 0 Å². The summed E-state index contributed by atoms with van der Waals surface area (Å²) >= 11 is 1.59. The molecule has 0 unspecified atom stereocenters. The highest BCUT2D eigenvalue weighted by molar-refractivity contribution is 7.98. The van der Waals surface area contributed by atoms with Crippen molar-refractivity contribution in [1.82, 2.24) is 14.8 Å². The van der Waals surface area contributed by atoms with Crippen LogP contribution in [-0.4, -0.2) is 14.8 Å². The fourth-order valence-corrected chi connectivity index (χ4v) is 3.74. The van der Waals surface area contributed by atoms with Crippen molar-refractivity contribution >= 4 is 11.8 Å². The molecule has 0 amide bonds. The van der Waals surface area contributed by atoms with E-state index < -0.39 is 0 Å². The molecule has 0 aliphatic heterocycles. The van der Waals surface area contributed by atoms with Gasteiger partial charge in [0.2, 0.25) is 0 Å². The van der Waals surface area contributed by atoms with Crippen LogP contribution in [0.3, 0.4) is 0 Å². The predicted molar refractivity (Wildman–Crippen MR) is 104 cm³/mol.